The van der Waals surface area contributed by atoms with Crippen molar-refractivity contribution in [2.45, 2.75) is 6.54 Å². The lowest BCUT2D eigenvalue weighted by atomic mass is 10.1. The second-order valence-corrected chi connectivity index (χ2v) is 6.41. The van der Waals surface area contributed by atoms with Crippen LogP contribution in [-0.2, 0) is 16.8 Å². The number of hydrogen-bond acceptors (Lipinski definition) is 3. The molecule has 0 unspecified atom stereocenters. The van der Waals surface area contributed by atoms with Crippen LogP contribution in [0.2, 0.25) is 0 Å². The fraction of sp³-hybridized carbons (Fsp3) is 0.364. The summed E-state index contributed by atoms with van der Waals surface area (Å²) in [5.41, 5.74) is 6.76. The third-order valence-corrected chi connectivity index (χ3v) is 4.34. The van der Waals surface area contributed by atoms with Gasteiger partial charge in [0.1, 0.15) is 5.84 Å². The van der Waals surface area contributed by atoms with Gasteiger partial charge in [-0.3, -0.25) is 5.41 Å². The standard InChI is InChI=1S/C11H18N4O2S/c1-14(2)18(16,17)15(3)8-9-5-4-6-10(7-9)11(12)13/h4-7H,8H2,1-3H3,(H3,12,13). The summed E-state index contributed by atoms with van der Waals surface area (Å²) in [6.07, 6.45) is 0. The van der Waals surface area contributed by atoms with Crippen LogP contribution in [-0.4, -0.2) is 44.0 Å². The molecule has 1 aromatic carbocycles. The normalized spacial score (nSPS) is 12.1. The SMILES string of the molecule is CN(C)S(=O)(=O)N(C)Cc1cccc(C(=N)N)c1. The van der Waals surface area contributed by atoms with Crippen molar-refractivity contribution in [3.8, 4) is 0 Å². The van der Waals surface area contributed by atoms with E-state index < -0.39 is 10.2 Å². The van der Waals surface area contributed by atoms with E-state index in [0.717, 1.165) is 9.87 Å². The summed E-state index contributed by atoms with van der Waals surface area (Å²) in [5.74, 6) is -0.0324. The number of amidine groups is 1. The summed E-state index contributed by atoms with van der Waals surface area (Å²) < 4.78 is 26.1. The first-order valence-electron chi connectivity index (χ1n) is 5.32. The summed E-state index contributed by atoms with van der Waals surface area (Å²) in [7, 11) is 1.05. The maximum Gasteiger partial charge on any atom is 0.281 e. The van der Waals surface area contributed by atoms with Crippen molar-refractivity contribution in [2.75, 3.05) is 21.1 Å². The van der Waals surface area contributed by atoms with Gasteiger partial charge in [0.15, 0.2) is 0 Å². The topological polar surface area (TPSA) is 90.5 Å². The van der Waals surface area contributed by atoms with E-state index in [4.69, 9.17) is 11.1 Å². The van der Waals surface area contributed by atoms with Crippen molar-refractivity contribution in [3.05, 3.63) is 35.4 Å². The van der Waals surface area contributed by atoms with Crippen LogP contribution in [0.25, 0.3) is 0 Å². The summed E-state index contributed by atoms with van der Waals surface area (Å²) in [5, 5.41) is 7.34. The summed E-state index contributed by atoms with van der Waals surface area (Å²) in [6, 6.07) is 6.98. The van der Waals surface area contributed by atoms with Gasteiger partial charge in [-0.05, 0) is 11.6 Å². The average Bonchev–Trinajstić information content (AvgIpc) is 2.28. The quantitative estimate of drug-likeness (QED) is 0.592. The number of nitrogens with one attached hydrogen (secondary N) is 1. The minimum Gasteiger partial charge on any atom is -0.384 e. The molecule has 3 N–H and O–H groups in total. The van der Waals surface area contributed by atoms with Gasteiger partial charge >= 0.3 is 0 Å². The lowest BCUT2D eigenvalue weighted by Crippen LogP contribution is -2.36. The molecule has 7 heteroatoms. The van der Waals surface area contributed by atoms with E-state index in [-0.39, 0.29) is 12.4 Å². The van der Waals surface area contributed by atoms with Gasteiger partial charge in [0, 0.05) is 33.3 Å². The highest BCUT2D eigenvalue weighted by molar-refractivity contribution is 7.86. The Balaban J connectivity index is 2.92. The maximum absolute atomic E-state index is 11.8. The zero-order chi connectivity index (χ0) is 13.9. The molecule has 18 heavy (non-hydrogen) atoms. The molecule has 6 nitrogen and oxygen atoms in total. The molecule has 0 fully saturated rings. The Morgan fingerprint density at radius 1 is 1.33 bits per heavy atom. The fourth-order valence-corrected chi connectivity index (χ4v) is 2.32. The molecule has 100 valence electrons. The van der Waals surface area contributed by atoms with Gasteiger partial charge in [0.2, 0.25) is 0 Å². The second-order valence-electron chi connectivity index (χ2n) is 4.16. The predicted octanol–water partition coefficient (Wildman–Crippen LogP) is 0.209. The zero-order valence-corrected chi connectivity index (χ0v) is 11.5. The molecule has 0 bridgehead atoms. The van der Waals surface area contributed by atoms with Crippen LogP contribution in [0, 0.1) is 5.41 Å². The van der Waals surface area contributed by atoms with Crippen LogP contribution in [0.4, 0.5) is 0 Å². The third kappa shape index (κ3) is 3.28. The Kier molecular flexibility index (Phi) is 4.44. The molecule has 0 radical (unpaired) electrons. The molecule has 0 aromatic heterocycles. The van der Waals surface area contributed by atoms with E-state index in [1.165, 1.54) is 25.4 Å². The van der Waals surface area contributed by atoms with Gasteiger partial charge in [-0.1, -0.05) is 18.2 Å². The van der Waals surface area contributed by atoms with Crippen molar-refractivity contribution < 1.29 is 8.42 Å². The molecule has 0 saturated heterocycles. The molecule has 0 atom stereocenters. The molecule has 0 aliphatic rings. The highest BCUT2D eigenvalue weighted by atomic mass is 32.2. The van der Waals surface area contributed by atoms with Crippen LogP contribution < -0.4 is 5.73 Å². The molecule has 1 aromatic rings. The second kappa shape index (κ2) is 5.47. The fourth-order valence-electron chi connectivity index (χ4n) is 1.45. The first kappa shape index (κ1) is 14.6. The van der Waals surface area contributed by atoms with E-state index >= 15 is 0 Å². The lowest BCUT2D eigenvalue weighted by molar-refractivity contribution is 0.414. The van der Waals surface area contributed by atoms with Crippen LogP contribution in [0.1, 0.15) is 11.1 Å². The van der Waals surface area contributed by atoms with Crippen LogP contribution in [0.3, 0.4) is 0 Å². The summed E-state index contributed by atoms with van der Waals surface area (Å²) in [6.45, 7) is 0.238. The molecule has 1 rings (SSSR count). The molecule has 0 aliphatic carbocycles. The van der Waals surface area contributed by atoms with E-state index in [1.807, 2.05) is 0 Å². The van der Waals surface area contributed by atoms with Crippen molar-refractivity contribution in [2.24, 2.45) is 5.73 Å². The van der Waals surface area contributed by atoms with Gasteiger partial charge in [0.05, 0.1) is 0 Å². The number of nitrogen functional groups attached to an aromatic ring is 1. The average molecular weight is 270 g/mol. The minimum atomic E-state index is -3.43. The largest absolute Gasteiger partial charge is 0.384 e. The van der Waals surface area contributed by atoms with E-state index in [9.17, 15) is 8.42 Å². The maximum atomic E-state index is 11.8. The monoisotopic (exact) mass is 270 g/mol. The van der Waals surface area contributed by atoms with Crippen molar-refractivity contribution in [1.29, 1.82) is 5.41 Å². The molecule has 0 aliphatic heterocycles. The van der Waals surface area contributed by atoms with E-state index in [0.29, 0.717) is 5.56 Å². The Morgan fingerprint density at radius 2 is 1.94 bits per heavy atom. The Bertz CT molecular complexity index is 540. The summed E-state index contributed by atoms with van der Waals surface area (Å²) in [4.78, 5) is 0. The molecule has 0 amide bonds. The number of hydrogen-bond donors (Lipinski definition) is 2. The van der Waals surface area contributed by atoms with Crippen molar-refractivity contribution in [1.82, 2.24) is 8.61 Å². The first-order chi connectivity index (χ1) is 8.25. The number of benzene rings is 1. The Morgan fingerprint density at radius 3 is 2.44 bits per heavy atom. The van der Waals surface area contributed by atoms with Gasteiger partial charge in [-0.25, -0.2) is 0 Å². The highest BCUT2D eigenvalue weighted by Crippen LogP contribution is 2.10. The van der Waals surface area contributed by atoms with Crippen LogP contribution >= 0.6 is 0 Å². The first-order valence-corrected chi connectivity index (χ1v) is 6.72. The number of nitrogens with two attached hydrogens (primary N) is 1. The van der Waals surface area contributed by atoms with Crippen molar-refractivity contribution >= 4 is 16.0 Å². The number of rotatable bonds is 5. The molecular weight excluding hydrogens is 252 g/mol. The van der Waals surface area contributed by atoms with Crippen LogP contribution in [0.15, 0.2) is 24.3 Å². The smallest absolute Gasteiger partial charge is 0.281 e. The van der Waals surface area contributed by atoms with Crippen molar-refractivity contribution in [3.63, 3.8) is 0 Å². The zero-order valence-electron chi connectivity index (χ0n) is 10.7. The molecule has 0 spiro atoms. The Hall–Kier alpha value is -1.44. The predicted molar refractivity (Wildman–Crippen MR) is 71.5 cm³/mol. The van der Waals surface area contributed by atoms with E-state index in [1.54, 1.807) is 24.3 Å². The minimum absolute atomic E-state index is 0.0324. The number of nitrogens with zero attached hydrogens (tertiary/aromatic N) is 2. The third-order valence-electron chi connectivity index (χ3n) is 2.50. The molecule has 0 heterocycles. The highest BCUT2D eigenvalue weighted by Gasteiger charge is 2.20. The summed E-state index contributed by atoms with van der Waals surface area (Å²) >= 11 is 0. The van der Waals surface area contributed by atoms with E-state index in [2.05, 4.69) is 0 Å². The van der Waals surface area contributed by atoms with Gasteiger partial charge in [-0.2, -0.15) is 17.0 Å². The van der Waals surface area contributed by atoms with Crippen LogP contribution in [0.5, 0.6) is 0 Å². The van der Waals surface area contributed by atoms with Gasteiger partial charge < -0.3 is 5.73 Å². The Labute approximate surface area is 108 Å². The molecular formula is C11H18N4O2S. The lowest BCUT2D eigenvalue weighted by Gasteiger charge is -2.21. The van der Waals surface area contributed by atoms with Gasteiger partial charge in [-0.15, -0.1) is 0 Å². The van der Waals surface area contributed by atoms with Gasteiger partial charge in [0.25, 0.3) is 10.2 Å². The molecule has 0 saturated carbocycles.